The molecular weight excluding hydrogens is 478 g/mol. The van der Waals surface area contributed by atoms with Crippen LogP contribution in [0.15, 0.2) is 67.1 Å². The van der Waals surface area contributed by atoms with Gasteiger partial charge in [0.15, 0.2) is 11.6 Å². The van der Waals surface area contributed by atoms with Crippen LogP contribution in [0.5, 0.6) is 5.75 Å². The van der Waals surface area contributed by atoms with Crippen molar-refractivity contribution in [3.8, 4) is 28.3 Å². The van der Waals surface area contributed by atoms with E-state index in [-0.39, 0.29) is 17.6 Å². The Bertz CT molecular complexity index is 1490. The highest BCUT2D eigenvalue weighted by atomic mass is 16.5. The molecule has 0 atom stereocenters. The first-order chi connectivity index (χ1) is 18.4. The van der Waals surface area contributed by atoms with E-state index in [1.165, 1.54) is 6.33 Å². The van der Waals surface area contributed by atoms with E-state index in [0.29, 0.717) is 55.1 Å². The summed E-state index contributed by atoms with van der Waals surface area (Å²) >= 11 is 0. The Hall–Kier alpha value is -4.33. The normalized spacial score (nSPS) is 16.4. The van der Waals surface area contributed by atoms with Crippen molar-refractivity contribution in [2.75, 3.05) is 13.1 Å². The zero-order valence-electron chi connectivity index (χ0n) is 21.5. The van der Waals surface area contributed by atoms with Crippen molar-refractivity contribution >= 4 is 11.7 Å². The molecular formula is C30H29N5O3. The van der Waals surface area contributed by atoms with E-state index in [0.717, 1.165) is 22.4 Å². The van der Waals surface area contributed by atoms with Crippen LogP contribution >= 0.6 is 0 Å². The van der Waals surface area contributed by atoms with Gasteiger partial charge >= 0.3 is 0 Å². The van der Waals surface area contributed by atoms with E-state index < -0.39 is 5.60 Å². The molecule has 192 valence electrons. The summed E-state index contributed by atoms with van der Waals surface area (Å²) in [6.07, 6.45) is 4.63. The highest BCUT2D eigenvalue weighted by Gasteiger charge is 2.44. The van der Waals surface area contributed by atoms with E-state index in [9.17, 15) is 9.59 Å². The van der Waals surface area contributed by atoms with Gasteiger partial charge in [-0.1, -0.05) is 44.2 Å². The number of aromatic amines is 1. The van der Waals surface area contributed by atoms with Crippen LogP contribution in [0.2, 0.25) is 0 Å². The summed E-state index contributed by atoms with van der Waals surface area (Å²) in [6, 6.07) is 17.6. The quantitative estimate of drug-likeness (QED) is 0.402. The number of amides is 1. The van der Waals surface area contributed by atoms with Crippen LogP contribution in [0, 0.1) is 0 Å². The molecule has 0 radical (unpaired) electrons. The Morgan fingerprint density at radius 3 is 2.47 bits per heavy atom. The van der Waals surface area contributed by atoms with Crippen molar-refractivity contribution in [3.05, 3.63) is 83.9 Å². The second kappa shape index (κ2) is 9.52. The van der Waals surface area contributed by atoms with Gasteiger partial charge in [-0.15, -0.1) is 0 Å². The molecule has 1 fully saturated rings. The van der Waals surface area contributed by atoms with Gasteiger partial charge in [0.25, 0.3) is 5.91 Å². The lowest BCUT2D eigenvalue weighted by Crippen LogP contribution is -2.52. The van der Waals surface area contributed by atoms with E-state index >= 15 is 0 Å². The van der Waals surface area contributed by atoms with Crippen molar-refractivity contribution < 1.29 is 14.3 Å². The molecule has 1 amide bonds. The molecule has 2 aliphatic rings. The molecule has 8 heteroatoms. The first kappa shape index (κ1) is 24.0. The molecule has 6 rings (SSSR count). The summed E-state index contributed by atoms with van der Waals surface area (Å²) < 4.78 is 6.40. The second-order valence-corrected chi connectivity index (χ2v) is 10.4. The molecule has 2 aromatic carbocycles. The van der Waals surface area contributed by atoms with Crippen molar-refractivity contribution in [2.24, 2.45) is 0 Å². The molecule has 0 unspecified atom stereocenters. The van der Waals surface area contributed by atoms with Crippen molar-refractivity contribution in [1.29, 1.82) is 0 Å². The molecule has 1 spiro atoms. The van der Waals surface area contributed by atoms with Gasteiger partial charge in [0.1, 0.15) is 17.7 Å². The Balaban J connectivity index is 1.23. The number of Topliss-reactive ketones (excluding diaryl/α,β-unsaturated/α-hetero) is 1. The van der Waals surface area contributed by atoms with Gasteiger partial charge in [-0.3, -0.25) is 19.7 Å². The van der Waals surface area contributed by atoms with Crippen LogP contribution in [-0.2, 0) is 0 Å². The van der Waals surface area contributed by atoms with Crippen molar-refractivity contribution in [3.63, 3.8) is 0 Å². The molecule has 8 nitrogen and oxygen atoms in total. The van der Waals surface area contributed by atoms with Crippen LogP contribution < -0.4 is 4.74 Å². The lowest BCUT2D eigenvalue weighted by Gasteiger charge is -2.44. The number of hydrogen-bond acceptors (Lipinski definition) is 6. The number of ketones is 1. The number of H-pyrrole nitrogens is 1. The smallest absolute Gasteiger partial charge is 0.253 e. The molecule has 2 aromatic heterocycles. The summed E-state index contributed by atoms with van der Waals surface area (Å²) in [7, 11) is 0. The fraction of sp³-hybridized carbons (Fsp3) is 0.300. The predicted octanol–water partition coefficient (Wildman–Crippen LogP) is 5.30. The topological polar surface area (TPSA) is 101 Å². The fourth-order valence-electron chi connectivity index (χ4n) is 5.34. The van der Waals surface area contributed by atoms with Gasteiger partial charge in [-0.25, -0.2) is 4.98 Å². The Kier molecular flexibility index (Phi) is 6.02. The SMILES string of the molecule is CC(C)c1cc2c(cn1)OC1(CCN(C(=O)c3cc(-c4ccccc4)cc(-c4ncn[nH]4)c3)CC1)CC2=O. The molecule has 2 aliphatic heterocycles. The summed E-state index contributed by atoms with van der Waals surface area (Å²) in [4.78, 5) is 37.4. The van der Waals surface area contributed by atoms with Crippen molar-refractivity contribution in [1.82, 2.24) is 25.1 Å². The predicted molar refractivity (Wildman–Crippen MR) is 143 cm³/mol. The van der Waals surface area contributed by atoms with Gasteiger partial charge in [0.2, 0.25) is 0 Å². The molecule has 4 aromatic rings. The number of rotatable bonds is 4. The lowest BCUT2D eigenvalue weighted by molar-refractivity contribution is -0.00600. The largest absolute Gasteiger partial charge is 0.484 e. The number of nitrogens with zero attached hydrogens (tertiary/aromatic N) is 4. The minimum Gasteiger partial charge on any atom is -0.484 e. The molecule has 38 heavy (non-hydrogen) atoms. The number of fused-ring (bicyclic) bond motifs is 1. The highest BCUT2D eigenvalue weighted by molar-refractivity contribution is 6.00. The third-order valence-electron chi connectivity index (χ3n) is 7.53. The number of likely N-dealkylation sites (tertiary alicyclic amines) is 1. The summed E-state index contributed by atoms with van der Waals surface area (Å²) in [5.74, 6) is 1.43. The van der Waals surface area contributed by atoms with E-state index in [1.54, 1.807) is 6.20 Å². The van der Waals surface area contributed by atoms with Crippen LogP contribution in [0.3, 0.4) is 0 Å². The summed E-state index contributed by atoms with van der Waals surface area (Å²) in [5.41, 5.74) is 4.24. The third-order valence-corrected chi connectivity index (χ3v) is 7.53. The minimum absolute atomic E-state index is 0.0517. The van der Waals surface area contributed by atoms with Gasteiger partial charge in [-0.2, -0.15) is 5.10 Å². The monoisotopic (exact) mass is 507 g/mol. The number of carbonyl (C=O) groups is 2. The second-order valence-electron chi connectivity index (χ2n) is 10.4. The maximum Gasteiger partial charge on any atom is 0.253 e. The van der Waals surface area contributed by atoms with Gasteiger partial charge in [-0.05, 0) is 41.3 Å². The number of carbonyl (C=O) groups excluding carboxylic acids is 2. The standard InChI is InChI=1S/C30H29N5O3/c1-19(2)25-15-24-26(36)16-30(38-27(24)17-31-25)8-10-35(11-9-30)29(37)23-13-21(20-6-4-3-5-7-20)12-22(14-23)28-32-18-33-34-28/h3-7,12-15,17-19H,8-11,16H2,1-2H3,(H,32,33,34). The van der Waals surface area contributed by atoms with Crippen LogP contribution in [0.4, 0.5) is 0 Å². The summed E-state index contributed by atoms with van der Waals surface area (Å²) in [6.45, 7) is 5.13. The number of ether oxygens (including phenoxy) is 1. The van der Waals surface area contributed by atoms with Gasteiger partial charge < -0.3 is 9.64 Å². The average Bonchev–Trinajstić information content (AvgIpc) is 3.48. The zero-order chi connectivity index (χ0) is 26.3. The van der Waals surface area contributed by atoms with Crippen LogP contribution in [-0.4, -0.2) is 55.4 Å². The number of nitrogens with one attached hydrogen (secondary N) is 1. The maximum atomic E-state index is 13.7. The Morgan fingerprint density at radius 1 is 1.00 bits per heavy atom. The van der Waals surface area contributed by atoms with Crippen molar-refractivity contribution in [2.45, 2.75) is 44.6 Å². The minimum atomic E-state index is -0.598. The highest BCUT2D eigenvalue weighted by Crippen LogP contribution is 2.40. The van der Waals surface area contributed by atoms with Crippen LogP contribution in [0.1, 0.15) is 65.4 Å². The lowest BCUT2D eigenvalue weighted by atomic mass is 9.82. The molecule has 0 saturated carbocycles. The number of aromatic nitrogens is 4. The first-order valence-corrected chi connectivity index (χ1v) is 13.0. The van der Waals surface area contributed by atoms with Crippen LogP contribution in [0.25, 0.3) is 22.5 Å². The number of hydrogen-bond donors (Lipinski definition) is 1. The number of pyridine rings is 1. The Labute approximate surface area is 221 Å². The third kappa shape index (κ3) is 4.47. The molecule has 0 aliphatic carbocycles. The number of benzene rings is 2. The zero-order valence-corrected chi connectivity index (χ0v) is 21.5. The average molecular weight is 508 g/mol. The number of piperidine rings is 1. The first-order valence-electron chi connectivity index (χ1n) is 13.0. The Morgan fingerprint density at radius 2 is 1.76 bits per heavy atom. The molecule has 4 heterocycles. The molecule has 1 N–H and O–H groups in total. The van der Waals surface area contributed by atoms with E-state index in [2.05, 4.69) is 34.0 Å². The van der Waals surface area contributed by atoms with E-state index in [4.69, 9.17) is 4.74 Å². The molecule has 0 bridgehead atoms. The maximum absolute atomic E-state index is 13.7. The van der Waals surface area contributed by atoms with Gasteiger partial charge in [0.05, 0.1) is 18.2 Å². The van der Waals surface area contributed by atoms with E-state index in [1.807, 2.05) is 59.5 Å². The van der Waals surface area contributed by atoms with Gasteiger partial charge in [0, 0.05) is 42.8 Å². The summed E-state index contributed by atoms with van der Waals surface area (Å²) in [5, 5.41) is 6.87. The fourth-order valence-corrected chi connectivity index (χ4v) is 5.34. The molecule has 1 saturated heterocycles.